The monoisotopic (exact) mass is 748 g/mol. The van der Waals surface area contributed by atoms with Crippen molar-refractivity contribution >= 4 is 5.97 Å². The summed E-state index contributed by atoms with van der Waals surface area (Å²) in [5.74, 6) is -3.69. The molecule has 0 aromatic rings. The zero-order chi connectivity index (χ0) is 39.6. The molecule has 2 aliphatic rings. The van der Waals surface area contributed by atoms with Crippen LogP contribution in [0, 0.1) is 17.8 Å². The van der Waals surface area contributed by atoms with Crippen LogP contribution in [-0.2, 0) is 14.3 Å². The fraction of sp³-hybridized carbons (Fsp3) is 0.634. The molecule has 2 aliphatic heterocycles. The van der Waals surface area contributed by atoms with Gasteiger partial charge in [-0.3, -0.25) is 4.79 Å². The summed E-state index contributed by atoms with van der Waals surface area (Å²) >= 11 is 0. The van der Waals surface area contributed by atoms with Gasteiger partial charge in [-0.25, -0.2) is 0 Å². The Hall–Kier alpha value is -2.75. The first kappa shape index (κ1) is 46.4. The lowest BCUT2D eigenvalue weighted by Gasteiger charge is -2.44. The molecule has 0 aliphatic carbocycles. The second-order valence-corrected chi connectivity index (χ2v) is 14.7. The van der Waals surface area contributed by atoms with Gasteiger partial charge in [0.05, 0.1) is 61.4 Å². The lowest BCUT2D eigenvalue weighted by atomic mass is 9.84. The molecule has 1 saturated heterocycles. The third kappa shape index (κ3) is 18.0. The molecule has 12 heteroatoms. The van der Waals surface area contributed by atoms with E-state index in [-0.39, 0.29) is 57.3 Å². The number of aliphatic hydroxyl groups excluding tert-OH is 8. The van der Waals surface area contributed by atoms with Gasteiger partial charge in [0.2, 0.25) is 0 Å². The second-order valence-electron chi connectivity index (χ2n) is 14.7. The topological polar surface area (TPSA) is 218 Å². The lowest BCUT2D eigenvalue weighted by Crippen LogP contribution is -2.53. The summed E-state index contributed by atoms with van der Waals surface area (Å²) in [6.45, 7) is 7.04. The highest BCUT2D eigenvalue weighted by Gasteiger charge is 2.45. The first-order chi connectivity index (χ1) is 25.0. The van der Waals surface area contributed by atoms with E-state index >= 15 is 0 Å². The van der Waals surface area contributed by atoms with Gasteiger partial charge in [-0.05, 0) is 26.2 Å². The van der Waals surface area contributed by atoms with Crippen molar-refractivity contribution in [2.75, 3.05) is 0 Å². The van der Waals surface area contributed by atoms with E-state index in [0.29, 0.717) is 0 Å². The number of hydrogen-bond donors (Lipinski definition) is 9. The number of fused-ring (bicyclic) bond motifs is 2. The minimum Gasteiger partial charge on any atom is -0.462 e. The number of carbonyl (C=O) groups excluding carboxylic acids is 1. The maximum Gasteiger partial charge on any atom is 0.308 e. The standard InChI is InChI=1S/C41H64O12/c1-27-17-15-13-11-9-7-5-6-8-10-12-14-16-18-31(42)23-38-29(3)37(48)26-41(51,53-38)25-34(45)22-36(47)35(46)20-19-32(43)21-33(44)24-39(49)52-30(4)28(2)40(27)50/h5-18,27-38,40,42-48,50-51H,19-26H2,1-4H3/b6-5+,9-7+,10-8+,13-11+,14-12+,17-15+,18-16+/t27-,28-,29+,30-,31-,32+,33+,34-,35+,36+,37-,38-,40+,41+/m0/s1. The van der Waals surface area contributed by atoms with E-state index < -0.39 is 84.6 Å². The van der Waals surface area contributed by atoms with E-state index in [9.17, 15) is 50.8 Å². The highest BCUT2D eigenvalue weighted by molar-refractivity contribution is 5.70. The van der Waals surface area contributed by atoms with Gasteiger partial charge in [0.15, 0.2) is 5.79 Å². The molecule has 2 heterocycles. The van der Waals surface area contributed by atoms with Crippen LogP contribution in [0.25, 0.3) is 0 Å². The number of allylic oxidation sites excluding steroid dienone is 12. The minimum atomic E-state index is -1.94. The minimum absolute atomic E-state index is 0.0178. The van der Waals surface area contributed by atoms with Gasteiger partial charge < -0.3 is 55.4 Å². The third-order valence-corrected chi connectivity index (χ3v) is 9.93. The molecule has 14 atom stereocenters. The van der Waals surface area contributed by atoms with Crippen molar-refractivity contribution in [1.82, 2.24) is 0 Å². The predicted molar refractivity (Wildman–Crippen MR) is 202 cm³/mol. The van der Waals surface area contributed by atoms with Gasteiger partial charge in [0.1, 0.15) is 6.10 Å². The number of aliphatic hydroxyl groups is 9. The third-order valence-electron chi connectivity index (χ3n) is 9.93. The molecule has 2 bridgehead atoms. The normalized spacial score (nSPS) is 44.4. The zero-order valence-electron chi connectivity index (χ0n) is 31.5. The summed E-state index contributed by atoms with van der Waals surface area (Å²) < 4.78 is 11.4. The Labute approximate surface area is 314 Å². The van der Waals surface area contributed by atoms with Crippen LogP contribution < -0.4 is 0 Å². The Kier molecular flexibility index (Phi) is 20.9. The maximum absolute atomic E-state index is 12.5. The van der Waals surface area contributed by atoms with E-state index in [2.05, 4.69) is 0 Å². The molecule has 0 spiro atoms. The molecule has 2 rings (SSSR count). The van der Waals surface area contributed by atoms with E-state index in [1.165, 1.54) is 0 Å². The smallest absolute Gasteiger partial charge is 0.308 e. The fourth-order valence-corrected chi connectivity index (χ4v) is 6.37. The van der Waals surface area contributed by atoms with Crippen LogP contribution in [-0.4, -0.2) is 119 Å². The molecule has 53 heavy (non-hydrogen) atoms. The average Bonchev–Trinajstić information content (AvgIpc) is 3.07. The van der Waals surface area contributed by atoms with Crippen LogP contribution in [0.3, 0.4) is 0 Å². The van der Waals surface area contributed by atoms with Crippen molar-refractivity contribution in [3.05, 3.63) is 85.1 Å². The molecule has 0 aromatic carbocycles. The molecule has 0 radical (unpaired) electrons. The molecule has 300 valence electrons. The molecule has 0 unspecified atom stereocenters. The second kappa shape index (κ2) is 23.9. The number of rotatable bonds is 0. The number of carbonyl (C=O) groups is 1. The molecular weight excluding hydrogens is 684 g/mol. The highest BCUT2D eigenvalue weighted by atomic mass is 16.6. The SMILES string of the molecule is C[C@@H]1[C@H](O)[C@@H](C)/C=C/C=C/C=C/C=C/C=C/C=C/C=C/[C@H](O)C[C@@H]2O[C@](O)(C[C@@H](O)C[C@@H](O)[C@H](O)CC[C@@H](O)C[C@@H](O)CC(=O)O[C@H]1C)C[C@H](O)[C@H]2C. The number of cyclic esters (lactones) is 1. The molecule has 0 amide bonds. The van der Waals surface area contributed by atoms with Crippen molar-refractivity contribution in [3.8, 4) is 0 Å². The Balaban J connectivity index is 2.13. The van der Waals surface area contributed by atoms with Crippen LogP contribution in [0.15, 0.2) is 85.1 Å². The quantitative estimate of drug-likeness (QED) is 0.164. The van der Waals surface area contributed by atoms with E-state index in [4.69, 9.17) is 9.47 Å². The summed E-state index contributed by atoms with van der Waals surface area (Å²) in [5, 5.41) is 95.8. The summed E-state index contributed by atoms with van der Waals surface area (Å²) in [5.41, 5.74) is 0. The van der Waals surface area contributed by atoms with Gasteiger partial charge in [0.25, 0.3) is 0 Å². The molecule has 12 nitrogen and oxygen atoms in total. The van der Waals surface area contributed by atoms with E-state index in [1.54, 1.807) is 45.1 Å². The average molecular weight is 749 g/mol. The van der Waals surface area contributed by atoms with Crippen molar-refractivity contribution in [3.63, 3.8) is 0 Å². The Morgan fingerprint density at radius 1 is 0.585 bits per heavy atom. The van der Waals surface area contributed by atoms with Gasteiger partial charge in [-0.15, -0.1) is 0 Å². The van der Waals surface area contributed by atoms with Crippen molar-refractivity contribution < 1.29 is 60.2 Å². The van der Waals surface area contributed by atoms with Gasteiger partial charge in [-0.2, -0.15) is 0 Å². The summed E-state index contributed by atoms with van der Waals surface area (Å²) in [6, 6.07) is 0. The number of esters is 1. The first-order valence-corrected chi connectivity index (χ1v) is 18.7. The zero-order valence-corrected chi connectivity index (χ0v) is 31.5. The van der Waals surface area contributed by atoms with E-state index in [1.807, 2.05) is 67.7 Å². The number of ether oxygens (including phenoxy) is 2. The van der Waals surface area contributed by atoms with Crippen molar-refractivity contribution in [1.29, 1.82) is 0 Å². The summed E-state index contributed by atoms with van der Waals surface area (Å²) in [4.78, 5) is 12.5. The Morgan fingerprint density at radius 3 is 1.72 bits per heavy atom. The Morgan fingerprint density at radius 2 is 1.13 bits per heavy atom. The molecule has 0 saturated carbocycles. The summed E-state index contributed by atoms with van der Waals surface area (Å²) in [6.07, 6.45) is 13.2. The van der Waals surface area contributed by atoms with Crippen LogP contribution in [0.4, 0.5) is 0 Å². The van der Waals surface area contributed by atoms with Gasteiger partial charge in [0, 0.05) is 43.4 Å². The predicted octanol–water partition coefficient (Wildman–Crippen LogP) is 2.83. The first-order valence-electron chi connectivity index (χ1n) is 18.7. The molecule has 9 N–H and O–H groups in total. The van der Waals surface area contributed by atoms with E-state index in [0.717, 1.165) is 0 Å². The molecule has 1 fully saturated rings. The molecule has 0 aromatic heterocycles. The van der Waals surface area contributed by atoms with Crippen LogP contribution in [0.2, 0.25) is 0 Å². The largest absolute Gasteiger partial charge is 0.462 e. The number of hydrogen-bond acceptors (Lipinski definition) is 12. The van der Waals surface area contributed by atoms with Crippen molar-refractivity contribution in [2.24, 2.45) is 17.8 Å². The van der Waals surface area contributed by atoms with Crippen molar-refractivity contribution in [2.45, 2.75) is 146 Å². The summed E-state index contributed by atoms with van der Waals surface area (Å²) in [7, 11) is 0. The van der Waals surface area contributed by atoms with Crippen LogP contribution in [0.1, 0.15) is 79.1 Å². The lowest BCUT2D eigenvalue weighted by molar-refractivity contribution is -0.300. The maximum atomic E-state index is 12.5. The highest BCUT2D eigenvalue weighted by Crippen LogP contribution is 2.37. The van der Waals surface area contributed by atoms with Gasteiger partial charge in [-0.1, -0.05) is 106 Å². The van der Waals surface area contributed by atoms with Gasteiger partial charge >= 0.3 is 5.97 Å². The molecular formula is C41H64O12. The van der Waals surface area contributed by atoms with Crippen LogP contribution in [0.5, 0.6) is 0 Å². The van der Waals surface area contributed by atoms with Crippen LogP contribution >= 0.6 is 0 Å². The Bertz CT molecular complexity index is 1270. The fourth-order valence-electron chi connectivity index (χ4n) is 6.37.